The predicted molar refractivity (Wildman–Crippen MR) is 66.6 cm³/mol. The molecule has 90 valence electrons. The number of aryl methyl sites for hydroxylation is 1. The van der Waals surface area contributed by atoms with E-state index in [1.54, 1.807) is 16.2 Å². The van der Waals surface area contributed by atoms with Gasteiger partial charge in [-0.1, -0.05) is 0 Å². The van der Waals surface area contributed by atoms with Crippen LogP contribution in [0.25, 0.3) is 0 Å². The van der Waals surface area contributed by atoms with Crippen molar-refractivity contribution in [3.63, 3.8) is 0 Å². The standard InChI is InChI=1S/C11H19N3OS/c1-5-14(4)11(15)6-12-8(2)10-7-16-9(3)13-10/h7-8,12H,5-6H2,1-4H3. The SMILES string of the molecule is CCN(C)C(=O)CNC(C)c1csc(C)n1. The number of thiazole rings is 1. The minimum Gasteiger partial charge on any atom is -0.345 e. The zero-order chi connectivity index (χ0) is 12.1. The Morgan fingerprint density at radius 2 is 2.38 bits per heavy atom. The highest BCUT2D eigenvalue weighted by Crippen LogP contribution is 2.15. The molecule has 1 N–H and O–H groups in total. The van der Waals surface area contributed by atoms with Gasteiger partial charge in [0.1, 0.15) is 0 Å². The summed E-state index contributed by atoms with van der Waals surface area (Å²) in [7, 11) is 1.81. The summed E-state index contributed by atoms with van der Waals surface area (Å²) in [5.74, 6) is 0.112. The number of hydrogen-bond donors (Lipinski definition) is 1. The highest BCUT2D eigenvalue weighted by molar-refractivity contribution is 7.09. The van der Waals surface area contributed by atoms with Crippen LogP contribution in [0.1, 0.15) is 30.6 Å². The second-order valence-corrected chi connectivity index (χ2v) is 4.86. The maximum atomic E-state index is 11.6. The van der Waals surface area contributed by atoms with Crippen LogP contribution < -0.4 is 5.32 Å². The summed E-state index contributed by atoms with van der Waals surface area (Å²) >= 11 is 1.63. The summed E-state index contributed by atoms with van der Waals surface area (Å²) in [5, 5.41) is 6.27. The van der Waals surface area contributed by atoms with Gasteiger partial charge >= 0.3 is 0 Å². The van der Waals surface area contributed by atoms with Crippen molar-refractivity contribution in [2.24, 2.45) is 0 Å². The molecule has 0 aliphatic carbocycles. The summed E-state index contributed by atoms with van der Waals surface area (Å²) in [4.78, 5) is 17.6. The summed E-state index contributed by atoms with van der Waals surface area (Å²) in [6, 6.07) is 0.124. The molecule has 0 fully saturated rings. The molecule has 0 aliphatic rings. The van der Waals surface area contributed by atoms with Gasteiger partial charge in [-0.25, -0.2) is 4.98 Å². The highest BCUT2D eigenvalue weighted by atomic mass is 32.1. The summed E-state index contributed by atoms with van der Waals surface area (Å²) < 4.78 is 0. The van der Waals surface area contributed by atoms with E-state index in [1.165, 1.54) is 0 Å². The van der Waals surface area contributed by atoms with Crippen LogP contribution in [0.5, 0.6) is 0 Å². The van der Waals surface area contributed by atoms with Gasteiger partial charge in [-0.2, -0.15) is 0 Å². The molecular formula is C11H19N3OS. The molecule has 0 saturated heterocycles. The average Bonchev–Trinajstić information content (AvgIpc) is 2.71. The molecule has 0 aliphatic heterocycles. The van der Waals surface area contributed by atoms with Gasteiger partial charge in [0.25, 0.3) is 0 Å². The lowest BCUT2D eigenvalue weighted by Crippen LogP contribution is -2.36. The summed E-state index contributed by atoms with van der Waals surface area (Å²) in [6.07, 6.45) is 0. The molecule has 1 aromatic heterocycles. The van der Waals surface area contributed by atoms with E-state index in [4.69, 9.17) is 0 Å². The molecule has 1 rings (SSSR count). The number of hydrogen-bond acceptors (Lipinski definition) is 4. The number of nitrogens with zero attached hydrogens (tertiary/aromatic N) is 2. The van der Waals surface area contributed by atoms with Crippen molar-refractivity contribution in [2.75, 3.05) is 20.1 Å². The smallest absolute Gasteiger partial charge is 0.236 e. The quantitative estimate of drug-likeness (QED) is 0.851. The molecule has 16 heavy (non-hydrogen) atoms. The molecule has 0 radical (unpaired) electrons. The van der Waals surface area contributed by atoms with Crippen LogP contribution in [0.2, 0.25) is 0 Å². The predicted octanol–water partition coefficient (Wildman–Crippen LogP) is 1.58. The third-order valence-corrected chi connectivity index (χ3v) is 3.33. The van der Waals surface area contributed by atoms with E-state index in [0.29, 0.717) is 6.54 Å². The zero-order valence-corrected chi connectivity index (χ0v) is 11.1. The molecule has 1 unspecified atom stereocenters. The Morgan fingerprint density at radius 3 is 2.88 bits per heavy atom. The van der Waals surface area contributed by atoms with Gasteiger partial charge in [0.05, 0.1) is 17.2 Å². The Hall–Kier alpha value is -0.940. The highest BCUT2D eigenvalue weighted by Gasteiger charge is 2.11. The third-order valence-electron chi connectivity index (χ3n) is 2.54. The van der Waals surface area contributed by atoms with Crippen molar-refractivity contribution in [2.45, 2.75) is 26.8 Å². The first-order valence-electron chi connectivity index (χ1n) is 5.44. The number of likely N-dealkylation sites (N-methyl/N-ethyl adjacent to an activating group) is 1. The Kier molecular flexibility index (Phi) is 4.89. The Bertz CT molecular complexity index is 351. The fourth-order valence-electron chi connectivity index (χ4n) is 1.24. The van der Waals surface area contributed by atoms with E-state index in [2.05, 4.69) is 10.3 Å². The molecule has 1 aromatic rings. The van der Waals surface area contributed by atoms with Crippen molar-refractivity contribution >= 4 is 17.2 Å². The second kappa shape index (κ2) is 5.96. The van der Waals surface area contributed by atoms with Crippen molar-refractivity contribution < 1.29 is 4.79 Å². The number of carbonyl (C=O) groups is 1. The molecule has 5 heteroatoms. The van der Waals surface area contributed by atoms with Gasteiger partial charge < -0.3 is 10.2 Å². The topological polar surface area (TPSA) is 45.2 Å². The maximum absolute atomic E-state index is 11.6. The largest absolute Gasteiger partial charge is 0.345 e. The average molecular weight is 241 g/mol. The second-order valence-electron chi connectivity index (χ2n) is 3.80. The lowest BCUT2D eigenvalue weighted by molar-refractivity contribution is -0.128. The van der Waals surface area contributed by atoms with Gasteiger partial charge in [-0.05, 0) is 20.8 Å². The lowest BCUT2D eigenvalue weighted by atomic mass is 10.2. The normalized spacial score (nSPS) is 12.5. The number of carbonyl (C=O) groups excluding carboxylic acids is 1. The molecule has 0 bridgehead atoms. The zero-order valence-electron chi connectivity index (χ0n) is 10.3. The molecular weight excluding hydrogens is 222 g/mol. The van der Waals surface area contributed by atoms with Crippen LogP contribution in [0.3, 0.4) is 0 Å². The molecule has 1 atom stereocenters. The van der Waals surface area contributed by atoms with Gasteiger partial charge in [-0.3, -0.25) is 4.79 Å². The molecule has 4 nitrogen and oxygen atoms in total. The van der Waals surface area contributed by atoms with E-state index in [-0.39, 0.29) is 11.9 Å². The Morgan fingerprint density at radius 1 is 1.69 bits per heavy atom. The van der Waals surface area contributed by atoms with E-state index in [0.717, 1.165) is 17.2 Å². The number of rotatable bonds is 5. The monoisotopic (exact) mass is 241 g/mol. The van der Waals surface area contributed by atoms with Crippen LogP contribution in [0, 0.1) is 6.92 Å². The fourth-order valence-corrected chi connectivity index (χ4v) is 1.94. The lowest BCUT2D eigenvalue weighted by Gasteiger charge is -2.17. The molecule has 0 aromatic carbocycles. The summed E-state index contributed by atoms with van der Waals surface area (Å²) in [5.41, 5.74) is 1.01. The summed E-state index contributed by atoms with van der Waals surface area (Å²) in [6.45, 7) is 7.07. The van der Waals surface area contributed by atoms with Crippen molar-refractivity contribution in [3.8, 4) is 0 Å². The minimum atomic E-state index is 0.112. The van der Waals surface area contributed by atoms with Crippen molar-refractivity contribution in [1.29, 1.82) is 0 Å². The Labute approximate surface area is 101 Å². The van der Waals surface area contributed by atoms with Crippen LogP contribution in [0.15, 0.2) is 5.38 Å². The van der Waals surface area contributed by atoms with Crippen LogP contribution in [-0.4, -0.2) is 35.9 Å². The number of aromatic nitrogens is 1. The van der Waals surface area contributed by atoms with Crippen LogP contribution in [0.4, 0.5) is 0 Å². The van der Waals surface area contributed by atoms with E-state index in [1.807, 2.05) is 33.2 Å². The van der Waals surface area contributed by atoms with E-state index < -0.39 is 0 Å². The fraction of sp³-hybridized carbons (Fsp3) is 0.636. The van der Waals surface area contributed by atoms with Crippen LogP contribution in [-0.2, 0) is 4.79 Å². The first-order valence-corrected chi connectivity index (χ1v) is 6.32. The molecule has 0 saturated carbocycles. The first-order chi connectivity index (χ1) is 7.54. The first kappa shape index (κ1) is 13.1. The number of nitrogens with one attached hydrogen (secondary N) is 1. The van der Waals surface area contributed by atoms with Gasteiger partial charge in [0, 0.05) is 25.0 Å². The molecule has 1 heterocycles. The maximum Gasteiger partial charge on any atom is 0.236 e. The minimum absolute atomic E-state index is 0.112. The van der Waals surface area contributed by atoms with Gasteiger partial charge in [0.2, 0.25) is 5.91 Å². The van der Waals surface area contributed by atoms with Crippen LogP contribution >= 0.6 is 11.3 Å². The molecule has 0 spiro atoms. The Balaban J connectivity index is 2.41. The van der Waals surface area contributed by atoms with E-state index >= 15 is 0 Å². The third kappa shape index (κ3) is 3.57. The van der Waals surface area contributed by atoms with E-state index in [9.17, 15) is 4.79 Å². The van der Waals surface area contributed by atoms with Gasteiger partial charge in [-0.15, -0.1) is 11.3 Å². The van der Waals surface area contributed by atoms with Gasteiger partial charge in [0.15, 0.2) is 0 Å². The molecule has 1 amide bonds. The van der Waals surface area contributed by atoms with Crippen molar-refractivity contribution in [1.82, 2.24) is 15.2 Å². The number of amides is 1. The van der Waals surface area contributed by atoms with Crippen molar-refractivity contribution in [3.05, 3.63) is 16.1 Å².